The third-order valence-corrected chi connectivity index (χ3v) is 8.14. The number of benzene rings is 2. The molecule has 0 spiro atoms. The molecule has 146 valence electrons. The van der Waals surface area contributed by atoms with Crippen molar-refractivity contribution in [1.29, 1.82) is 0 Å². The van der Waals surface area contributed by atoms with E-state index in [1.807, 2.05) is 12.1 Å². The molecule has 5 atom stereocenters. The largest absolute Gasteiger partial charge is 0.508 e. The van der Waals surface area contributed by atoms with Crippen LogP contribution in [-0.4, -0.2) is 10.9 Å². The maximum atomic E-state index is 13.5. The summed E-state index contributed by atoms with van der Waals surface area (Å²) in [5.41, 5.74) is 5.21. The van der Waals surface area contributed by atoms with Crippen LogP contribution in [0.4, 0.5) is 0 Å². The lowest BCUT2D eigenvalue weighted by atomic mass is 9.55. The van der Waals surface area contributed by atoms with E-state index in [4.69, 9.17) is 0 Å². The molecule has 0 aliphatic heterocycles. The molecule has 2 aromatic rings. The Labute approximate surface area is 168 Å². The van der Waals surface area contributed by atoms with E-state index in [2.05, 4.69) is 44.2 Å². The van der Waals surface area contributed by atoms with Crippen LogP contribution in [-0.2, 0) is 17.6 Å². The second-order valence-electron chi connectivity index (χ2n) is 9.74. The third kappa shape index (κ3) is 2.72. The van der Waals surface area contributed by atoms with Crippen LogP contribution in [0.5, 0.6) is 5.75 Å². The lowest BCUT2D eigenvalue weighted by Crippen LogP contribution is -2.42. The van der Waals surface area contributed by atoms with E-state index in [9.17, 15) is 9.90 Å². The Morgan fingerprint density at radius 2 is 2.00 bits per heavy atom. The Bertz CT molecular complexity index is 930. The Morgan fingerprint density at radius 3 is 2.82 bits per heavy atom. The molecule has 2 saturated carbocycles. The van der Waals surface area contributed by atoms with Gasteiger partial charge in [0.15, 0.2) is 0 Å². The number of Topliss-reactive ketones (excluding diaryl/α,β-unsaturated/α-hetero) is 1. The number of hydrogen-bond donors (Lipinski definition) is 1. The van der Waals surface area contributed by atoms with Crippen molar-refractivity contribution in [3.63, 3.8) is 0 Å². The molecule has 0 saturated heterocycles. The fourth-order valence-corrected chi connectivity index (χ4v) is 6.81. The van der Waals surface area contributed by atoms with Gasteiger partial charge in [-0.05, 0) is 92.0 Å². The zero-order valence-electron chi connectivity index (χ0n) is 16.9. The van der Waals surface area contributed by atoms with E-state index < -0.39 is 0 Å². The van der Waals surface area contributed by atoms with Crippen molar-refractivity contribution in [2.45, 2.75) is 58.3 Å². The average Bonchev–Trinajstić information content (AvgIpc) is 2.92. The van der Waals surface area contributed by atoms with E-state index in [1.54, 1.807) is 0 Å². The van der Waals surface area contributed by atoms with Gasteiger partial charge >= 0.3 is 0 Å². The lowest BCUT2D eigenvalue weighted by molar-refractivity contribution is -0.131. The molecule has 1 N–H and O–H groups in total. The van der Waals surface area contributed by atoms with Gasteiger partial charge in [-0.15, -0.1) is 0 Å². The van der Waals surface area contributed by atoms with Crippen LogP contribution in [0.25, 0.3) is 0 Å². The molecule has 0 bridgehead atoms. The first-order chi connectivity index (χ1) is 13.5. The van der Waals surface area contributed by atoms with Crippen molar-refractivity contribution >= 4 is 5.78 Å². The van der Waals surface area contributed by atoms with Crippen LogP contribution in [0.2, 0.25) is 0 Å². The van der Waals surface area contributed by atoms with Gasteiger partial charge in [0.2, 0.25) is 0 Å². The summed E-state index contributed by atoms with van der Waals surface area (Å²) in [6.07, 6.45) is 6.27. The van der Waals surface area contributed by atoms with Gasteiger partial charge in [-0.1, -0.05) is 42.8 Å². The van der Waals surface area contributed by atoms with E-state index >= 15 is 0 Å². The van der Waals surface area contributed by atoms with Crippen LogP contribution in [0.1, 0.15) is 60.8 Å². The minimum absolute atomic E-state index is 0.135. The average molecular weight is 375 g/mol. The number of aromatic hydroxyl groups is 1. The first kappa shape index (κ1) is 18.0. The zero-order chi connectivity index (χ0) is 19.5. The minimum Gasteiger partial charge on any atom is -0.508 e. The van der Waals surface area contributed by atoms with Gasteiger partial charge < -0.3 is 5.11 Å². The number of phenolic OH excluding ortho intramolecular Hbond substituents is 1. The summed E-state index contributed by atoms with van der Waals surface area (Å²) >= 11 is 0. The molecule has 0 radical (unpaired) electrons. The number of aryl methyl sites for hydroxylation is 2. The van der Waals surface area contributed by atoms with E-state index in [0.29, 0.717) is 29.3 Å². The monoisotopic (exact) mass is 374 g/mol. The molecule has 5 rings (SSSR count). The third-order valence-electron chi connectivity index (χ3n) is 8.14. The zero-order valence-corrected chi connectivity index (χ0v) is 16.9. The molecule has 3 unspecified atom stereocenters. The first-order valence-corrected chi connectivity index (χ1v) is 10.9. The van der Waals surface area contributed by atoms with Crippen molar-refractivity contribution in [1.82, 2.24) is 0 Å². The lowest BCUT2D eigenvalue weighted by Gasteiger charge is -2.48. The molecule has 28 heavy (non-hydrogen) atoms. The molecule has 2 heteroatoms. The molecule has 3 aliphatic carbocycles. The summed E-state index contributed by atoms with van der Waals surface area (Å²) in [5.74, 6) is 2.77. The van der Waals surface area contributed by atoms with Crippen LogP contribution in [0.15, 0.2) is 42.5 Å². The van der Waals surface area contributed by atoms with Gasteiger partial charge in [0.1, 0.15) is 11.5 Å². The number of hydrogen-bond acceptors (Lipinski definition) is 2. The maximum absolute atomic E-state index is 13.5. The normalized spacial score (nSPS) is 33.9. The van der Waals surface area contributed by atoms with Crippen molar-refractivity contribution in [2.75, 3.05) is 0 Å². The second kappa shape index (κ2) is 6.47. The molecule has 0 amide bonds. The standard InChI is InChI=1S/C26H30O2/c1-16-4-3-5-17(12-16)13-19-15-24-23-8-6-18-14-20(27)7-9-21(18)22(23)10-11-26(24,2)25(19)28/h3-5,7,9,12,14,19,22-24,27H,6,8,10-11,13,15H2,1-2H3/t19?,22?,23?,24-,26+/m0/s1. The van der Waals surface area contributed by atoms with Gasteiger partial charge in [-0.2, -0.15) is 0 Å². The molecule has 0 aromatic heterocycles. The number of carbonyl (C=O) groups is 1. The Hall–Kier alpha value is -2.09. The fraction of sp³-hybridized carbons (Fsp3) is 0.500. The maximum Gasteiger partial charge on any atom is 0.142 e. The molecule has 0 heterocycles. The summed E-state index contributed by atoms with van der Waals surface area (Å²) in [4.78, 5) is 13.5. The fourth-order valence-electron chi connectivity index (χ4n) is 6.81. The first-order valence-electron chi connectivity index (χ1n) is 10.9. The Kier molecular flexibility index (Phi) is 4.15. The highest BCUT2D eigenvalue weighted by Gasteiger charge is 2.57. The van der Waals surface area contributed by atoms with Crippen molar-refractivity contribution < 1.29 is 9.90 Å². The molecular formula is C26H30O2. The van der Waals surface area contributed by atoms with Crippen molar-refractivity contribution in [2.24, 2.45) is 23.2 Å². The van der Waals surface area contributed by atoms with Crippen LogP contribution >= 0.6 is 0 Å². The highest BCUT2D eigenvalue weighted by atomic mass is 16.3. The number of rotatable bonds is 2. The second-order valence-corrected chi connectivity index (χ2v) is 9.74. The predicted molar refractivity (Wildman–Crippen MR) is 111 cm³/mol. The van der Waals surface area contributed by atoms with Gasteiger partial charge in [-0.3, -0.25) is 4.79 Å². The van der Waals surface area contributed by atoms with E-state index in [1.165, 1.54) is 22.3 Å². The van der Waals surface area contributed by atoms with Gasteiger partial charge in [0.05, 0.1) is 0 Å². The van der Waals surface area contributed by atoms with Crippen molar-refractivity contribution in [3.8, 4) is 5.75 Å². The Morgan fingerprint density at radius 1 is 1.14 bits per heavy atom. The number of ketones is 1. The van der Waals surface area contributed by atoms with Crippen LogP contribution in [0.3, 0.4) is 0 Å². The number of fused-ring (bicyclic) bond motifs is 5. The van der Waals surface area contributed by atoms with Gasteiger partial charge in [0, 0.05) is 11.3 Å². The topological polar surface area (TPSA) is 37.3 Å². The summed E-state index contributed by atoms with van der Waals surface area (Å²) in [7, 11) is 0. The molecule has 2 nitrogen and oxygen atoms in total. The van der Waals surface area contributed by atoms with Crippen LogP contribution < -0.4 is 0 Å². The SMILES string of the molecule is Cc1cccc(CC2C[C@H]3C4CCc5cc(O)ccc5C4CC[C@@]3(C)C2=O)c1. The minimum atomic E-state index is -0.135. The van der Waals surface area contributed by atoms with E-state index in [0.717, 1.165) is 38.5 Å². The number of carbonyl (C=O) groups excluding carboxylic acids is 1. The summed E-state index contributed by atoms with van der Waals surface area (Å²) in [6, 6.07) is 14.6. The summed E-state index contributed by atoms with van der Waals surface area (Å²) in [5, 5.41) is 9.86. The summed E-state index contributed by atoms with van der Waals surface area (Å²) < 4.78 is 0. The predicted octanol–water partition coefficient (Wildman–Crippen LogP) is 5.59. The van der Waals surface area contributed by atoms with Gasteiger partial charge in [-0.25, -0.2) is 0 Å². The molecular weight excluding hydrogens is 344 g/mol. The highest BCUT2D eigenvalue weighted by molar-refractivity contribution is 5.89. The quantitative estimate of drug-likeness (QED) is 0.743. The number of phenols is 1. The summed E-state index contributed by atoms with van der Waals surface area (Å²) in [6.45, 7) is 4.39. The molecule has 3 aliphatic rings. The smallest absolute Gasteiger partial charge is 0.142 e. The van der Waals surface area contributed by atoms with Crippen molar-refractivity contribution in [3.05, 3.63) is 64.7 Å². The highest BCUT2D eigenvalue weighted by Crippen LogP contribution is 2.61. The Balaban J connectivity index is 1.43. The van der Waals surface area contributed by atoms with E-state index in [-0.39, 0.29) is 11.3 Å². The van der Waals surface area contributed by atoms with Gasteiger partial charge in [0.25, 0.3) is 0 Å². The molecule has 2 aromatic carbocycles. The van der Waals surface area contributed by atoms with Crippen LogP contribution in [0, 0.1) is 30.1 Å². The molecule has 2 fully saturated rings.